The first kappa shape index (κ1) is 13.3. The van der Waals surface area contributed by atoms with Gasteiger partial charge in [-0.2, -0.15) is 4.98 Å². The molecule has 0 radical (unpaired) electrons. The lowest BCUT2D eigenvalue weighted by Gasteiger charge is -2.11. The Morgan fingerprint density at radius 2 is 1.90 bits per heavy atom. The molecule has 0 aliphatic carbocycles. The normalized spacial score (nSPS) is 11.2. The molecule has 102 valence electrons. The Morgan fingerprint density at radius 3 is 2.60 bits per heavy atom. The van der Waals surface area contributed by atoms with Gasteiger partial charge < -0.3 is 0 Å². The van der Waals surface area contributed by atoms with Crippen molar-refractivity contribution in [2.24, 2.45) is 0 Å². The van der Waals surface area contributed by atoms with Gasteiger partial charge in [-0.3, -0.25) is 5.10 Å². The molecular formula is C14H13ClN4S. The molecule has 0 bridgehead atoms. The number of hydrogen-bond acceptors (Lipinski definition) is 3. The summed E-state index contributed by atoms with van der Waals surface area (Å²) < 4.78 is 2.28. The van der Waals surface area contributed by atoms with E-state index in [2.05, 4.69) is 15.1 Å². The lowest BCUT2D eigenvalue weighted by Crippen LogP contribution is -2.06. The number of aromatic amines is 1. The summed E-state index contributed by atoms with van der Waals surface area (Å²) >= 11 is 11.0. The largest absolute Gasteiger partial charge is 0.265 e. The maximum atomic E-state index is 5.92. The van der Waals surface area contributed by atoms with Crippen molar-refractivity contribution in [1.82, 2.24) is 19.6 Å². The summed E-state index contributed by atoms with van der Waals surface area (Å²) in [4.78, 5) is 8.69. The van der Waals surface area contributed by atoms with Gasteiger partial charge in [0.25, 0.3) is 5.78 Å². The zero-order valence-electron chi connectivity index (χ0n) is 11.1. The molecule has 0 saturated heterocycles. The van der Waals surface area contributed by atoms with E-state index in [1.165, 1.54) is 11.1 Å². The molecule has 0 aliphatic rings. The molecule has 2 aromatic heterocycles. The monoisotopic (exact) mass is 304 g/mol. The zero-order chi connectivity index (χ0) is 14.3. The fourth-order valence-corrected chi connectivity index (χ4v) is 2.60. The second kappa shape index (κ2) is 5.00. The van der Waals surface area contributed by atoms with Gasteiger partial charge in [0, 0.05) is 22.8 Å². The molecule has 3 aromatic rings. The van der Waals surface area contributed by atoms with Crippen LogP contribution in [0.15, 0.2) is 24.3 Å². The highest BCUT2D eigenvalue weighted by Gasteiger charge is 2.11. The van der Waals surface area contributed by atoms with Gasteiger partial charge in [0.2, 0.25) is 4.77 Å². The third-order valence-corrected chi connectivity index (χ3v) is 3.81. The van der Waals surface area contributed by atoms with Crippen molar-refractivity contribution in [2.75, 3.05) is 0 Å². The highest BCUT2D eigenvalue weighted by atomic mass is 35.5. The molecule has 0 fully saturated rings. The number of halogens is 1. The van der Waals surface area contributed by atoms with Crippen LogP contribution in [0.1, 0.15) is 22.5 Å². The summed E-state index contributed by atoms with van der Waals surface area (Å²) in [6.45, 7) is 4.04. The van der Waals surface area contributed by atoms with Crippen LogP contribution in [0.4, 0.5) is 0 Å². The van der Waals surface area contributed by atoms with Crippen LogP contribution in [0.25, 0.3) is 5.78 Å². The highest BCUT2D eigenvalue weighted by Crippen LogP contribution is 2.19. The van der Waals surface area contributed by atoms with Gasteiger partial charge in [-0.1, -0.05) is 23.7 Å². The molecule has 0 unspecified atom stereocenters. The Hall–Kier alpha value is -1.72. The van der Waals surface area contributed by atoms with Gasteiger partial charge in [0.1, 0.15) is 0 Å². The lowest BCUT2D eigenvalue weighted by molar-refractivity contribution is 0.852. The van der Waals surface area contributed by atoms with Gasteiger partial charge in [0.05, 0.1) is 0 Å². The number of H-pyrrole nitrogens is 1. The Morgan fingerprint density at radius 1 is 1.20 bits per heavy atom. The predicted octanol–water partition coefficient (Wildman–Crippen LogP) is 3.65. The van der Waals surface area contributed by atoms with Gasteiger partial charge >= 0.3 is 0 Å². The van der Waals surface area contributed by atoms with Crippen LogP contribution in [-0.4, -0.2) is 19.6 Å². The number of rotatable bonds is 2. The average molecular weight is 305 g/mol. The fraction of sp³-hybridized carbons (Fsp3) is 0.214. The van der Waals surface area contributed by atoms with E-state index in [4.69, 9.17) is 23.8 Å². The van der Waals surface area contributed by atoms with Gasteiger partial charge in [0.15, 0.2) is 0 Å². The molecule has 4 nitrogen and oxygen atoms in total. The van der Waals surface area contributed by atoms with Gasteiger partial charge in [-0.15, -0.1) is 0 Å². The molecule has 1 N–H and O–H groups in total. The van der Waals surface area contributed by atoms with E-state index in [-0.39, 0.29) is 0 Å². The van der Waals surface area contributed by atoms with Crippen LogP contribution < -0.4 is 0 Å². The van der Waals surface area contributed by atoms with Crippen molar-refractivity contribution in [2.45, 2.75) is 20.3 Å². The van der Waals surface area contributed by atoms with Crippen molar-refractivity contribution >= 4 is 29.6 Å². The lowest BCUT2D eigenvalue weighted by atomic mass is 10.0. The summed E-state index contributed by atoms with van der Waals surface area (Å²) in [7, 11) is 0. The van der Waals surface area contributed by atoms with Crippen molar-refractivity contribution in [3.8, 4) is 0 Å². The fourth-order valence-electron chi connectivity index (χ4n) is 2.30. The van der Waals surface area contributed by atoms with E-state index in [0.29, 0.717) is 10.5 Å². The second-order valence-corrected chi connectivity index (χ2v) is 5.55. The van der Waals surface area contributed by atoms with Crippen LogP contribution in [0.2, 0.25) is 5.02 Å². The minimum Gasteiger partial charge on any atom is -0.265 e. The van der Waals surface area contributed by atoms with E-state index in [1.807, 2.05) is 42.6 Å². The summed E-state index contributed by atoms with van der Waals surface area (Å²) in [6, 6.07) is 7.86. The molecule has 3 rings (SSSR count). The molecule has 0 amide bonds. The summed E-state index contributed by atoms with van der Waals surface area (Å²) in [5.74, 6) is 0.616. The van der Waals surface area contributed by atoms with Crippen LogP contribution in [0.5, 0.6) is 0 Å². The minimum atomic E-state index is 0.448. The first-order chi connectivity index (χ1) is 9.54. The molecule has 2 heterocycles. The first-order valence-corrected chi connectivity index (χ1v) is 7.02. The number of fused-ring (bicyclic) bond motifs is 1. The quantitative estimate of drug-likeness (QED) is 0.735. The van der Waals surface area contributed by atoms with Crippen molar-refractivity contribution in [3.63, 3.8) is 0 Å². The highest BCUT2D eigenvalue weighted by molar-refractivity contribution is 7.71. The number of aryl methyl sites for hydroxylation is 2. The Labute approximate surface area is 126 Å². The van der Waals surface area contributed by atoms with Gasteiger partial charge in [-0.25, -0.2) is 9.50 Å². The van der Waals surface area contributed by atoms with Gasteiger partial charge in [-0.05, 0) is 49.3 Å². The Bertz CT molecular complexity index is 833. The van der Waals surface area contributed by atoms with Crippen LogP contribution >= 0.6 is 23.8 Å². The zero-order valence-corrected chi connectivity index (χ0v) is 12.7. The van der Waals surface area contributed by atoms with Crippen LogP contribution in [0.3, 0.4) is 0 Å². The van der Waals surface area contributed by atoms with E-state index in [1.54, 1.807) is 0 Å². The third kappa shape index (κ3) is 2.34. The molecule has 20 heavy (non-hydrogen) atoms. The number of nitrogens with one attached hydrogen (secondary N) is 1. The smallest absolute Gasteiger partial charge is 0.252 e. The minimum absolute atomic E-state index is 0.448. The van der Waals surface area contributed by atoms with Crippen LogP contribution in [-0.2, 0) is 6.42 Å². The number of benzene rings is 1. The van der Waals surface area contributed by atoms with E-state index in [0.717, 1.165) is 22.8 Å². The Kier molecular flexibility index (Phi) is 3.31. The Balaban J connectivity index is 2.10. The van der Waals surface area contributed by atoms with Crippen molar-refractivity contribution < 1.29 is 0 Å². The second-order valence-electron chi connectivity index (χ2n) is 4.73. The molecule has 6 heteroatoms. The molecule has 0 atom stereocenters. The molecule has 1 aromatic carbocycles. The third-order valence-electron chi connectivity index (χ3n) is 3.38. The molecule has 0 saturated carbocycles. The van der Waals surface area contributed by atoms with E-state index >= 15 is 0 Å². The molecular weight excluding hydrogens is 292 g/mol. The topological polar surface area (TPSA) is 46.0 Å². The molecule has 0 spiro atoms. The maximum Gasteiger partial charge on any atom is 0.252 e. The van der Waals surface area contributed by atoms with Crippen molar-refractivity contribution in [3.05, 3.63) is 56.6 Å². The van der Waals surface area contributed by atoms with Crippen LogP contribution in [0, 0.1) is 18.6 Å². The molecule has 0 aliphatic heterocycles. The van der Waals surface area contributed by atoms with Crippen molar-refractivity contribution in [1.29, 1.82) is 0 Å². The summed E-state index contributed by atoms with van der Waals surface area (Å²) in [6.07, 6.45) is 0.802. The number of hydrogen-bond donors (Lipinski definition) is 1. The number of nitrogens with zero attached hydrogens (tertiary/aromatic N) is 3. The average Bonchev–Trinajstić information content (AvgIpc) is 2.77. The summed E-state index contributed by atoms with van der Waals surface area (Å²) in [5.41, 5.74) is 4.41. The standard InChI is InChI=1S/C14H13ClN4S/c1-8-12(7-10-3-5-11(15)6-4-10)9(2)19-13(16-8)17-14(20)18-19/h3-6H,7H2,1-2H3,(H,18,20). The predicted molar refractivity (Wildman–Crippen MR) is 81.9 cm³/mol. The first-order valence-electron chi connectivity index (χ1n) is 6.24. The number of aromatic nitrogens is 4. The van der Waals surface area contributed by atoms with E-state index < -0.39 is 0 Å². The maximum absolute atomic E-state index is 5.92. The van der Waals surface area contributed by atoms with E-state index in [9.17, 15) is 0 Å². The SMILES string of the molecule is Cc1nc2nc(=S)[nH]n2c(C)c1Cc1ccc(Cl)cc1. The summed E-state index contributed by atoms with van der Waals surface area (Å²) in [5, 5.41) is 3.77.